The second-order valence-corrected chi connectivity index (χ2v) is 7.23. The van der Waals surface area contributed by atoms with E-state index in [2.05, 4.69) is 24.6 Å². The summed E-state index contributed by atoms with van der Waals surface area (Å²) in [4.78, 5) is 30.5. The highest BCUT2D eigenvalue weighted by Gasteiger charge is 2.21. The molecule has 0 aliphatic heterocycles. The van der Waals surface area contributed by atoms with Crippen LogP contribution in [0.15, 0.2) is 52.2 Å². The Morgan fingerprint density at radius 3 is 2.61 bits per heavy atom. The molecule has 1 aromatic carbocycles. The highest BCUT2D eigenvalue weighted by atomic mass is 16.2. The second-order valence-electron chi connectivity index (χ2n) is 7.23. The van der Waals surface area contributed by atoms with Gasteiger partial charge in [-0.05, 0) is 31.9 Å². The van der Waals surface area contributed by atoms with Gasteiger partial charge in [-0.2, -0.15) is 4.98 Å². The predicted octanol–water partition coefficient (Wildman–Crippen LogP) is 2.59. The summed E-state index contributed by atoms with van der Waals surface area (Å²) in [6.45, 7) is 9.91. The van der Waals surface area contributed by atoms with Crippen LogP contribution in [0.3, 0.4) is 0 Å². The van der Waals surface area contributed by atoms with Gasteiger partial charge in [0.2, 0.25) is 5.78 Å². The summed E-state index contributed by atoms with van der Waals surface area (Å²) in [5.41, 5.74) is 3.95. The molecule has 0 unspecified atom stereocenters. The van der Waals surface area contributed by atoms with Gasteiger partial charge in [0.1, 0.15) is 0 Å². The van der Waals surface area contributed by atoms with Crippen molar-refractivity contribution in [2.75, 3.05) is 0 Å². The van der Waals surface area contributed by atoms with Crippen LogP contribution in [0.4, 0.5) is 0 Å². The molecule has 0 saturated carbocycles. The molecule has 0 amide bonds. The third-order valence-corrected chi connectivity index (χ3v) is 5.07. The number of benzene rings is 1. The third kappa shape index (κ3) is 2.46. The van der Waals surface area contributed by atoms with Crippen molar-refractivity contribution < 1.29 is 0 Å². The maximum atomic E-state index is 13.1. The van der Waals surface area contributed by atoms with Gasteiger partial charge in [0, 0.05) is 18.9 Å². The topological polar surface area (TPSA) is 66.2 Å². The van der Waals surface area contributed by atoms with E-state index in [1.54, 1.807) is 18.4 Å². The lowest BCUT2D eigenvalue weighted by atomic mass is 10.1. The molecule has 144 valence electrons. The Morgan fingerprint density at radius 2 is 1.93 bits per heavy atom. The highest BCUT2D eigenvalue weighted by Crippen LogP contribution is 2.23. The molecule has 0 saturated heterocycles. The van der Waals surface area contributed by atoms with E-state index in [1.165, 1.54) is 14.7 Å². The van der Waals surface area contributed by atoms with Crippen molar-refractivity contribution in [3.8, 4) is 5.69 Å². The molecule has 0 aliphatic rings. The Balaban J connectivity index is 2.14. The summed E-state index contributed by atoms with van der Waals surface area (Å²) in [7, 11) is 1.64. The van der Waals surface area contributed by atoms with Crippen molar-refractivity contribution in [3.05, 3.63) is 74.7 Å². The number of imidazole rings is 2. The SMILES string of the molecule is C=C(C)Cn1c(=O)c2c(nc3n(-c4ccccc4CC)c(C)cn23)n(C)c1=O. The van der Waals surface area contributed by atoms with Gasteiger partial charge < -0.3 is 0 Å². The summed E-state index contributed by atoms with van der Waals surface area (Å²) in [6, 6.07) is 8.14. The molecule has 4 aromatic rings. The minimum absolute atomic E-state index is 0.188. The Morgan fingerprint density at radius 1 is 1.21 bits per heavy atom. The number of allylic oxidation sites excluding steroid dienone is 1. The van der Waals surface area contributed by atoms with E-state index in [4.69, 9.17) is 0 Å². The zero-order valence-corrected chi connectivity index (χ0v) is 16.6. The lowest BCUT2D eigenvalue weighted by Gasteiger charge is -2.10. The average Bonchev–Trinajstić information content (AvgIpc) is 3.17. The number of hydrogen-bond donors (Lipinski definition) is 0. The van der Waals surface area contributed by atoms with Crippen molar-refractivity contribution in [2.45, 2.75) is 33.7 Å². The standard InChI is InChI=1S/C21H23N5O2/c1-6-15-9-7-8-10-16(15)26-14(4)12-24-17-18(22-20(24)26)23(5)21(28)25(19(17)27)11-13(2)3/h7-10,12H,2,6,11H2,1,3-5H3. The number of aromatic nitrogens is 5. The van der Waals surface area contributed by atoms with Crippen LogP contribution >= 0.6 is 0 Å². The van der Waals surface area contributed by atoms with E-state index in [0.29, 0.717) is 16.9 Å². The minimum atomic E-state index is -0.390. The molecule has 28 heavy (non-hydrogen) atoms. The molecule has 7 nitrogen and oxygen atoms in total. The second kappa shape index (κ2) is 6.37. The zero-order chi connectivity index (χ0) is 20.2. The number of aryl methyl sites for hydroxylation is 3. The van der Waals surface area contributed by atoms with Crippen LogP contribution in [0.2, 0.25) is 0 Å². The molecule has 0 atom stereocenters. The molecule has 0 N–H and O–H groups in total. The number of hydrogen-bond acceptors (Lipinski definition) is 3. The third-order valence-electron chi connectivity index (χ3n) is 5.07. The molecule has 4 rings (SSSR count). The molecule has 0 fully saturated rings. The van der Waals surface area contributed by atoms with Crippen molar-refractivity contribution >= 4 is 16.9 Å². The van der Waals surface area contributed by atoms with E-state index in [1.807, 2.05) is 35.9 Å². The fraction of sp³-hybridized carbons (Fsp3) is 0.286. The number of nitrogens with zero attached hydrogens (tertiary/aromatic N) is 5. The quantitative estimate of drug-likeness (QED) is 0.514. The highest BCUT2D eigenvalue weighted by molar-refractivity contribution is 5.76. The van der Waals surface area contributed by atoms with Crippen LogP contribution < -0.4 is 11.2 Å². The van der Waals surface area contributed by atoms with Crippen LogP contribution in [0.5, 0.6) is 0 Å². The summed E-state index contributed by atoms with van der Waals surface area (Å²) in [5, 5.41) is 0. The molecule has 0 spiro atoms. The van der Waals surface area contributed by atoms with E-state index in [9.17, 15) is 9.59 Å². The average molecular weight is 377 g/mol. The Labute approximate surface area is 161 Å². The zero-order valence-electron chi connectivity index (χ0n) is 16.6. The van der Waals surface area contributed by atoms with Crippen LogP contribution in [0, 0.1) is 6.92 Å². The Kier molecular flexibility index (Phi) is 4.10. The summed E-state index contributed by atoms with van der Waals surface area (Å²) >= 11 is 0. The first-order valence-electron chi connectivity index (χ1n) is 9.27. The van der Waals surface area contributed by atoms with Crippen LogP contribution in [0.1, 0.15) is 25.1 Å². The molecular weight excluding hydrogens is 354 g/mol. The number of rotatable bonds is 4. The molecule has 3 aromatic heterocycles. The van der Waals surface area contributed by atoms with Crippen LogP contribution in [0.25, 0.3) is 22.6 Å². The van der Waals surface area contributed by atoms with E-state index < -0.39 is 5.69 Å². The fourth-order valence-electron chi connectivity index (χ4n) is 3.75. The largest absolute Gasteiger partial charge is 0.332 e. The van der Waals surface area contributed by atoms with Gasteiger partial charge in [-0.3, -0.25) is 22.9 Å². The van der Waals surface area contributed by atoms with Gasteiger partial charge in [0.05, 0.1) is 12.2 Å². The lowest BCUT2D eigenvalue weighted by Crippen LogP contribution is -2.39. The van der Waals surface area contributed by atoms with E-state index in [-0.39, 0.29) is 12.1 Å². The monoisotopic (exact) mass is 377 g/mol. The van der Waals surface area contributed by atoms with Gasteiger partial charge in [-0.15, -0.1) is 0 Å². The van der Waals surface area contributed by atoms with Crippen molar-refractivity contribution in [3.63, 3.8) is 0 Å². The van der Waals surface area contributed by atoms with Crippen LogP contribution in [-0.4, -0.2) is 23.1 Å². The first-order valence-corrected chi connectivity index (χ1v) is 9.27. The summed E-state index contributed by atoms with van der Waals surface area (Å²) < 4.78 is 6.46. The first kappa shape index (κ1) is 18.0. The molecule has 0 bridgehead atoms. The normalized spacial score (nSPS) is 11.6. The fourth-order valence-corrected chi connectivity index (χ4v) is 3.75. The van der Waals surface area contributed by atoms with Gasteiger partial charge >= 0.3 is 5.69 Å². The molecular formula is C21H23N5O2. The van der Waals surface area contributed by atoms with Crippen molar-refractivity contribution in [1.82, 2.24) is 23.1 Å². The Hall–Kier alpha value is -3.35. The minimum Gasteiger partial charge on any atom is -0.283 e. The van der Waals surface area contributed by atoms with E-state index in [0.717, 1.165) is 23.4 Å². The molecule has 0 radical (unpaired) electrons. The van der Waals surface area contributed by atoms with Gasteiger partial charge in [0.25, 0.3) is 5.56 Å². The van der Waals surface area contributed by atoms with Crippen molar-refractivity contribution in [1.29, 1.82) is 0 Å². The van der Waals surface area contributed by atoms with Crippen LogP contribution in [-0.2, 0) is 20.0 Å². The first-order chi connectivity index (χ1) is 13.3. The maximum absolute atomic E-state index is 13.1. The summed E-state index contributed by atoms with van der Waals surface area (Å²) in [5.74, 6) is 0.619. The maximum Gasteiger partial charge on any atom is 0.332 e. The molecule has 3 heterocycles. The van der Waals surface area contributed by atoms with Gasteiger partial charge in [0.15, 0.2) is 11.2 Å². The molecule has 7 heteroatoms. The van der Waals surface area contributed by atoms with Gasteiger partial charge in [-0.25, -0.2) is 4.79 Å². The molecule has 0 aliphatic carbocycles. The lowest BCUT2D eigenvalue weighted by molar-refractivity contribution is 0.651. The number of fused-ring (bicyclic) bond motifs is 3. The Bertz CT molecular complexity index is 1360. The van der Waals surface area contributed by atoms with Crippen molar-refractivity contribution in [2.24, 2.45) is 7.05 Å². The number of para-hydroxylation sites is 1. The predicted molar refractivity (Wildman–Crippen MR) is 110 cm³/mol. The van der Waals surface area contributed by atoms with Gasteiger partial charge in [-0.1, -0.05) is 37.3 Å². The van der Waals surface area contributed by atoms with E-state index >= 15 is 0 Å². The summed E-state index contributed by atoms with van der Waals surface area (Å²) in [6.07, 6.45) is 2.78. The smallest absolute Gasteiger partial charge is 0.283 e.